The van der Waals surface area contributed by atoms with Crippen LogP contribution in [0.3, 0.4) is 0 Å². The molecule has 8 amide bonds. The first-order chi connectivity index (χ1) is 38.6. The van der Waals surface area contributed by atoms with Gasteiger partial charge < -0.3 is 77.1 Å². The molecule has 0 radical (unpaired) electrons. The van der Waals surface area contributed by atoms with E-state index >= 15 is 0 Å². The summed E-state index contributed by atoms with van der Waals surface area (Å²) in [6.45, 7) is 4.44. The van der Waals surface area contributed by atoms with Crippen LogP contribution in [0.15, 0.2) is 97.1 Å². The normalized spacial score (nSPS) is 25.5. The number of nitrogens with one attached hydrogen (secondary N) is 6. The Morgan fingerprint density at radius 3 is 1.79 bits per heavy atom. The first-order valence-corrected chi connectivity index (χ1v) is 27.1. The Morgan fingerprint density at radius 2 is 1.21 bits per heavy atom. The van der Waals surface area contributed by atoms with E-state index in [1.807, 2.05) is 48.5 Å². The van der Waals surface area contributed by atoms with Crippen molar-refractivity contribution in [2.45, 2.75) is 127 Å². The Labute approximate surface area is 468 Å². The van der Waals surface area contributed by atoms with Gasteiger partial charge in [-0.15, -0.1) is 0 Å². The summed E-state index contributed by atoms with van der Waals surface area (Å²) < 4.78 is 5.85. The number of carbonyl (C=O) groups is 8. The summed E-state index contributed by atoms with van der Waals surface area (Å²) in [7, 11) is 0. The van der Waals surface area contributed by atoms with Crippen molar-refractivity contribution in [2.24, 2.45) is 5.92 Å². The number of fused-ring (bicyclic) bond motifs is 2. The molecule has 12 atom stereocenters. The molecule has 0 aromatic heterocycles. The van der Waals surface area contributed by atoms with Crippen LogP contribution in [0.5, 0.6) is 11.5 Å². The van der Waals surface area contributed by atoms with E-state index in [1.165, 1.54) is 43.3 Å². The van der Waals surface area contributed by atoms with Gasteiger partial charge in [-0.3, -0.25) is 38.4 Å². The zero-order chi connectivity index (χ0) is 58.7. The van der Waals surface area contributed by atoms with Crippen molar-refractivity contribution in [3.05, 3.63) is 108 Å². The largest absolute Gasteiger partial charge is 0.508 e. The average molecular weight is 1120 g/mol. The number of hydrogen-bond donors (Lipinski definition) is 12. The summed E-state index contributed by atoms with van der Waals surface area (Å²) in [5.74, 6) is -8.34. The highest BCUT2D eigenvalue weighted by Gasteiger charge is 2.49. The Hall–Kier alpha value is -7.96. The lowest BCUT2D eigenvalue weighted by Crippen LogP contribution is -2.64. The van der Waals surface area contributed by atoms with Crippen molar-refractivity contribution in [1.29, 1.82) is 0 Å². The number of hydrogen-bond acceptors (Lipinski definition) is 15. The van der Waals surface area contributed by atoms with Gasteiger partial charge in [-0.2, -0.15) is 0 Å². The standard InChI is InChI=1S/C58H72N8O15/c1-5-6-7-24-81-42-22-18-38(19-23-42)36-12-10-35(11-13-36)37-14-16-39(17-15-37)52(74)61-43-27-59-46(72)28-60-56(78)50-51(73)31(2)29-66(50)58(80)48(33(4)68)63-55(77)49(45(71)25-34-8-20-40(69)21-9-34)64-54(76)44-26-41(70)30-65(44)57(79)47(32(3)67)62-53(43)75/h8-23,31-33,41,43-45,47-51,67-71,73H,5-7,24-30H2,1-4H3,(H,59,72)(H,60,78)(H,61,74)(H,62,75)(H,63,77)(H,64,76)/t31-,32?,33?,41+,43+,44-,45+,47-,48-,49-,50-,51-/m0/s1. The number of amides is 8. The molecule has 3 saturated heterocycles. The minimum Gasteiger partial charge on any atom is -0.508 e. The maximum Gasteiger partial charge on any atom is 0.251 e. The molecule has 7 rings (SSSR count). The molecule has 4 aromatic carbocycles. The highest BCUT2D eigenvalue weighted by molar-refractivity contribution is 6.01. The molecule has 0 bridgehead atoms. The van der Waals surface area contributed by atoms with E-state index in [9.17, 15) is 69.0 Å². The fourth-order valence-electron chi connectivity index (χ4n) is 10.0. The molecule has 0 aliphatic carbocycles. The van der Waals surface area contributed by atoms with Crippen molar-refractivity contribution in [3.63, 3.8) is 0 Å². The molecule has 3 aliphatic rings. The third kappa shape index (κ3) is 15.3. The number of aromatic hydroxyl groups is 1. The fraction of sp³-hybridized carbons (Fsp3) is 0.448. The highest BCUT2D eigenvalue weighted by Crippen LogP contribution is 2.29. The fourth-order valence-corrected chi connectivity index (χ4v) is 10.0. The molecule has 23 heteroatoms. The number of benzene rings is 4. The highest BCUT2D eigenvalue weighted by atomic mass is 16.5. The zero-order valence-corrected chi connectivity index (χ0v) is 45.5. The lowest BCUT2D eigenvalue weighted by molar-refractivity contribution is -0.147. The summed E-state index contributed by atoms with van der Waals surface area (Å²) in [4.78, 5) is 115. The lowest BCUT2D eigenvalue weighted by atomic mass is 9.99. The first kappa shape index (κ1) is 60.7. The van der Waals surface area contributed by atoms with Crippen LogP contribution in [0.1, 0.15) is 69.3 Å². The van der Waals surface area contributed by atoms with Crippen molar-refractivity contribution < 1.29 is 73.7 Å². The topological polar surface area (TPSA) is 346 Å². The van der Waals surface area contributed by atoms with Crippen LogP contribution in [0.25, 0.3) is 22.3 Å². The molecule has 434 valence electrons. The molecule has 2 unspecified atom stereocenters. The van der Waals surface area contributed by atoms with Crippen molar-refractivity contribution in [3.8, 4) is 33.8 Å². The molecule has 3 heterocycles. The van der Waals surface area contributed by atoms with E-state index < -0.39 is 146 Å². The molecular weight excluding hydrogens is 1050 g/mol. The predicted octanol–water partition coefficient (Wildman–Crippen LogP) is -0.371. The molecule has 0 spiro atoms. The third-order valence-electron chi connectivity index (χ3n) is 14.7. The van der Waals surface area contributed by atoms with Gasteiger partial charge in [-0.1, -0.05) is 87.4 Å². The van der Waals surface area contributed by atoms with E-state index in [0.717, 1.165) is 70.9 Å². The van der Waals surface area contributed by atoms with E-state index in [4.69, 9.17) is 4.74 Å². The van der Waals surface area contributed by atoms with E-state index in [0.29, 0.717) is 12.2 Å². The predicted molar refractivity (Wildman–Crippen MR) is 293 cm³/mol. The number of ether oxygens (including phenoxy) is 1. The molecule has 81 heavy (non-hydrogen) atoms. The molecule has 12 N–H and O–H groups in total. The summed E-state index contributed by atoms with van der Waals surface area (Å²) >= 11 is 0. The smallest absolute Gasteiger partial charge is 0.251 e. The lowest BCUT2D eigenvalue weighted by Gasteiger charge is -2.33. The third-order valence-corrected chi connectivity index (χ3v) is 14.7. The molecule has 4 aromatic rings. The number of nitrogens with zero attached hydrogens (tertiary/aromatic N) is 2. The van der Waals surface area contributed by atoms with Crippen molar-refractivity contribution >= 4 is 47.3 Å². The second-order valence-electron chi connectivity index (χ2n) is 21.0. The number of phenols is 1. The van der Waals surface area contributed by atoms with E-state index in [-0.39, 0.29) is 24.3 Å². The van der Waals surface area contributed by atoms with Crippen LogP contribution in [0.4, 0.5) is 0 Å². The zero-order valence-electron chi connectivity index (χ0n) is 45.5. The number of carbonyl (C=O) groups excluding carboxylic acids is 8. The number of aliphatic hydroxyl groups excluding tert-OH is 5. The van der Waals surface area contributed by atoms with Gasteiger partial charge in [0, 0.05) is 44.0 Å². The van der Waals surface area contributed by atoms with Crippen LogP contribution in [0.2, 0.25) is 0 Å². The van der Waals surface area contributed by atoms with Gasteiger partial charge in [-0.05, 0) is 84.5 Å². The summed E-state index contributed by atoms with van der Waals surface area (Å²) in [6.07, 6.45) is -5.60. The minimum atomic E-state index is -1.96. The quantitative estimate of drug-likeness (QED) is 0.0717. The minimum absolute atomic E-state index is 0.0847. The van der Waals surface area contributed by atoms with Gasteiger partial charge in [0.2, 0.25) is 41.4 Å². The monoisotopic (exact) mass is 1120 g/mol. The Balaban J connectivity index is 1.14. The SMILES string of the molecule is CCCCCOc1ccc(-c2ccc(-c3ccc(C(=O)N[C@@H]4CNC(=O)CNC(=O)[C@@H]5[C@@H](O)[C@@H](C)CN5C(=O)[C@H](C(C)O)NC(=O)[C@H]([C@H](O)Cc5ccc(O)cc5)NC(=O)[C@@H]5C[C@@H](O)CN5C(=O)[C@H](C(C)O)NC4=O)cc3)cc2)cc1. The first-order valence-electron chi connectivity index (χ1n) is 27.1. The summed E-state index contributed by atoms with van der Waals surface area (Å²) in [5, 5.41) is 80.1. The van der Waals surface area contributed by atoms with Gasteiger partial charge in [0.15, 0.2) is 0 Å². The van der Waals surface area contributed by atoms with Gasteiger partial charge in [0.05, 0.1) is 43.7 Å². The van der Waals surface area contributed by atoms with Crippen molar-refractivity contribution in [2.75, 3.05) is 32.8 Å². The maximum absolute atomic E-state index is 14.4. The van der Waals surface area contributed by atoms with Gasteiger partial charge >= 0.3 is 0 Å². The maximum atomic E-state index is 14.4. The second-order valence-corrected chi connectivity index (χ2v) is 21.0. The molecule has 3 fully saturated rings. The Bertz CT molecular complexity index is 2870. The number of unbranched alkanes of at least 4 members (excludes halogenated alkanes) is 2. The van der Waals surface area contributed by atoms with Gasteiger partial charge in [0.25, 0.3) is 5.91 Å². The number of aliphatic hydroxyl groups is 5. The van der Waals surface area contributed by atoms with Crippen LogP contribution < -0.4 is 36.6 Å². The molecule has 0 saturated carbocycles. The van der Waals surface area contributed by atoms with Crippen LogP contribution in [0, 0.1) is 5.92 Å². The van der Waals surface area contributed by atoms with Crippen LogP contribution in [-0.2, 0) is 40.0 Å². The van der Waals surface area contributed by atoms with Crippen LogP contribution >= 0.6 is 0 Å². The Kier molecular flexibility index (Phi) is 20.6. The number of rotatable bonds is 14. The van der Waals surface area contributed by atoms with Crippen LogP contribution in [-0.4, -0.2) is 187 Å². The van der Waals surface area contributed by atoms with Gasteiger partial charge in [0.1, 0.15) is 47.8 Å². The van der Waals surface area contributed by atoms with Crippen molar-refractivity contribution in [1.82, 2.24) is 41.7 Å². The molecular formula is C58H72N8O15. The average Bonchev–Trinajstić information content (AvgIpc) is 4.18. The Morgan fingerprint density at radius 1 is 0.667 bits per heavy atom. The number of phenolic OH excluding ortho intramolecular Hbond substituents is 1. The van der Waals surface area contributed by atoms with E-state index in [2.05, 4.69) is 38.8 Å². The second kappa shape index (κ2) is 27.5. The van der Waals surface area contributed by atoms with Gasteiger partial charge in [-0.25, -0.2) is 0 Å². The molecule has 3 aliphatic heterocycles. The molecule has 23 nitrogen and oxygen atoms in total. The summed E-state index contributed by atoms with van der Waals surface area (Å²) in [6, 6.07) is 16.9. The van der Waals surface area contributed by atoms with E-state index in [1.54, 1.807) is 12.1 Å². The summed E-state index contributed by atoms with van der Waals surface area (Å²) in [5.41, 5.74) is 4.02.